The molecule has 0 aliphatic rings. The number of oxazole rings is 1. The molecule has 4 aromatic rings. The van der Waals surface area contributed by atoms with E-state index in [1.54, 1.807) is 18.6 Å². The molecule has 0 spiro atoms. The van der Waals surface area contributed by atoms with Crippen molar-refractivity contribution in [2.75, 3.05) is 5.73 Å². The van der Waals surface area contributed by atoms with Crippen molar-refractivity contribution >= 4 is 16.8 Å². The van der Waals surface area contributed by atoms with Crippen molar-refractivity contribution in [3.05, 3.63) is 79.1 Å². The molecule has 0 saturated carbocycles. The second-order valence-electron chi connectivity index (χ2n) is 4.90. The molecule has 0 bridgehead atoms. The van der Waals surface area contributed by atoms with Gasteiger partial charge in [0.1, 0.15) is 12.1 Å². The molecule has 0 unspecified atom stereocenters. The summed E-state index contributed by atoms with van der Waals surface area (Å²) in [4.78, 5) is 11.9. The van der Waals surface area contributed by atoms with Gasteiger partial charge in [-0.1, -0.05) is 24.3 Å². The Morgan fingerprint density at radius 2 is 1.92 bits per heavy atom. The Labute approximate surface area is 139 Å². The van der Waals surface area contributed by atoms with Gasteiger partial charge in [0.05, 0.1) is 6.20 Å². The second kappa shape index (κ2) is 7.73. The van der Waals surface area contributed by atoms with Gasteiger partial charge < -0.3 is 14.9 Å². The molecule has 4 rings (SSSR count). The van der Waals surface area contributed by atoms with E-state index in [0.717, 1.165) is 22.4 Å². The van der Waals surface area contributed by atoms with Crippen LogP contribution in [-0.2, 0) is 6.61 Å². The van der Waals surface area contributed by atoms with Crippen LogP contribution in [0.25, 0.3) is 11.1 Å². The zero-order valence-electron chi connectivity index (χ0n) is 12.9. The number of nitrogens with two attached hydrogens (primary N) is 1. The number of anilines is 1. The van der Waals surface area contributed by atoms with E-state index in [4.69, 9.17) is 14.9 Å². The normalized spacial score (nSPS) is 10.0. The Kier molecular flexibility index (Phi) is 4.99. The standard InChI is InChI=1S/C11H11N3O.C7H5NO/c12-10-3-1-2-9(6-10)8-15-11-7-13-4-5-14-11;1-2-4-7-6(3-1)8-5-9-7/h1-7H,8,12H2;1-5H. The summed E-state index contributed by atoms with van der Waals surface area (Å²) in [6, 6.07) is 15.2. The molecular formula is C18H16N4O2. The van der Waals surface area contributed by atoms with Gasteiger partial charge >= 0.3 is 0 Å². The summed E-state index contributed by atoms with van der Waals surface area (Å²) in [7, 11) is 0. The van der Waals surface area contributed by atoms with Crippen LogP contribution in [0.1, 0.15) is 5.56 Å². The van der Waals surface area contributed by atoms with Crippen molar-refractivity contribution in [3.63, 3.8) is 0 Å². The van der Waals surface area contributed by atoms with Gasteiger partial charge in [-0.15, -0.1) is 0 Å². The van der Waals surface area contributed by atoms with Gasteiger partial charge in [0, 0.05) is 18.1 Å². The summed E-state index contributed by atoms with van der Waals surface area (Å²) in [5.74, 6) is 0.514. The predicted molar refractivity (Wildman–Crippen MR) is 91.2 cm³/mol. The average molecular weight is 320 g/mol. The smallest absolute Gasteiger partial charge is 0.232 e. The Morgan fingerprint density at radius 1 is 1.00 bits per heavy atom. The molecule has 2 N–H and O–H groups in total. The van der Waals surface area contributed by atoms with Crippen molar-refractivity contribution < 1.29 is 9.15 Å². The number of hydrogen-bond donors (Lipinski definition) is 1. The highest BCUT2D eigenvalue weighted by atomic mass is 16.5. The molecule has 0 aliphatic heterocycles. The fourth-order valence-corrected chi connectivity index (χ4v) is 2.00. The number of hydrogen-bond acceptors (Lipinski definition) is 6. The molecule has 2 aromatic carbocycles. The van der Waals surface area contributed by atoms with Crippen molar-refractivity contribution in [1.82, 2.24) is 15.0 Å². The first kappa shape index (κ1) is 15.5. The number of nitrogen functional groups attached to an aromatic ring is 1. The highest BCUT2D eigenvalue weighted by Crippen LogP contribution is 2.10. The lowest BCUT2D eigenvalue weighted by Gasteiger charge is -2.04. The van der Waals surface area contributed by atoms with Gasteiger partial charge in [0.2, 0.25) is 5.88 Å². The molecule has 120 valence electrons. The first-order valence-electron chi connectivity index (χ1n) is 7.33. The quantitative estimate of drug-likeness (QED) is 0.582. The zero-order valence-corrected chi connectivity index (χ0v) is 12.9. The maximum Gasteiger partial charge on any atom is 0.232 e. The fourth-order valence-electron chi connectivity index (χ4n) is 2.00. The van der Waals surface area contributed by atoms with E-state index in [-0.39, 0.29) is 0 Å². The van der Waals surface area contributed by atoms with Crippen LogP contribution < -0.4 is 10.5 Å². The van der Waals surface area contributed by atoms with E-state index in [2.05, 4.69) is 15.0 Å². The molecule has 0 fully saturated rings. The van der Waals surface area contributed by atoms with Crippen LogP contribution in [0.2, 0.25) is 0 Å². The third kappa shape index (κ3) is 4.30. The first-order valence-corrected chi connectivity index (χ1v) is 7.33. The number of nitrogens with zero attached hydrogens (tertiary/aromatic N) is 3. The Balaban J connectivity index is 0.000000159. The van der Waals surface area contributed by atoms with Crippen molar-refractivity contribution in [1.29, 1.82) is 0 Å². The molecule has 24 heavy (non-hydrogen) atoms. The first-order chi connectivity index (χ1) is 11.8. The number of ether oxygens (including phenoxy) is 1. The maximum atomic E-state index is 5.64. The number of aromatic nitrogens is 3. The summed E-state index contributed by atoms with van der Waals surface area (Å²) in [6.45, 7) is 0.448. The van der Waals surface area contributed by atoms with Gasteiger partial charge in [-0.3, -0.25) is 4.98 Å². The Morgan fingerprint density at radius 3 is 2.71 bits per heavy atom. The molecular weight excluding hydrogens is 304 g/mol. The van der Waals surface area contributed by atoms with Crippen molar-refractivity contribution in [2.45, 2.75) is 6.61 Å². The number of benzene rings is 2. The van der Waals surface area contributed by atoms with Crippen molar-refractivity contribution in [2.24, 2.45) is 0 Å². The molecule has 0 aliphatic carbocycles. The minimum Gasteiger partial charge on any atom is -0.472 e. The van der Waals surface area contributed by atoms with Crippen LogP contribution in [0.15, 0.2) is 77.9 Å². The topological polar surface area (TPSA) is 87.1 Å². The van der Waals surface area contributed by atoms with E-state index < -0.39 is 0 Å². The third-order valence-electron chi connectivity index (χ3n) is 3.11. The highest BCUT2D eigenvalue weighted by molar-refractivity contribution is 5.71. The molecule has 0 amide bonds. The summed E-state index contributed by atoms with van der Waals surface area (Å²) in [5.41, 5.74) is 9.15. The monoisotopic (exact) mass is 320 g/mol. The Hall–Kier alpha value is -3.41. The summed E-state index contributed by atoms with van der Waals surface area (Å²) < 4.78 is 10.4. The maximum absolute atomic E-state index is 5.64. The lowest BCUT2D eigenvalue weighted by Crippen LogP contribution is -1.98. The summed E-state index contributed by atoms with van der Waals surface area (Å²) in [6.07, 6.45) is 6.22. The van der Waals surface area contributed by atoms with Gasteiger partial charge in [-0.25, -0.2) is 9.97 Å². The van der Waals surface area contributed by atoms with Crippen LogP contribution in [0.5, 0.6) is 5.88 Å². The molecule has 2 heterocycles. The van der Waals surface area contributed by atoms with Gasteiger partial charge in [0.15, 0.2) is 12.0 Å². The van der Waals surface area contributed by atoms with E-state index >= 15 is 0 Å². The molecule has 0 atom stereocenters. The third-order valence-corrected chi connectivity index (χ3v) is 3.11. The summed E-state index contributed by atoms with van der Waals surface area (Å²) in [5, 5.41) is 0. The minimum absolute atomic E-state index is 0.448. The van der Waals surface area contributed by atoms with Crippen LogP contribution in [0.3, 0.4) is 0 Å². The van der Waals surface area contributed by atoms with Gasteiger partial charge in [-0.2, -0.15) is 0 Å². The largest absolute Gasteiger partial charge is 0.472 e. The molecule has 2 aromatic heterocycles. The molecule has 0 radical (unpaired) electrons. The number of para-hydroxylation sites is 2. The van der Waals surface area contributed by atoms with E-state index in [0.29, 0.717) is 12.5 Å². The number of rotatable bonds is 3. The molecule has 0 saturated heterocycles. The van der Waals surface area contributed by atoms with E-state index in [9.17, 15) is 0 Å². The Bertz CT molecular complexity index is 863. The van der Waals surface area contributed by atoms with E-state index in [1.165, 1.54) is 6.39 Å². The molecule has 6 nitrogen and oxygen atoms in total. The average Bonchev–Trinajstić information content (AvgIpc) is 3.10. The van der Waals surface area contributed by atoms with Crippen LogP contribution >= 0.6 is 0 Å². The van der Waals surface area contributed by atoms with Crippen molar-refractivity contribution in [3.8, 4) is 5.88 Å². The van der Waals surface area contributed by atoms with Crippen LogP contribution in [0.4, 0.5) is 5.69 Å². The fraction of sp³-hybridized carbons (Fsp3) is 0.0556. The second-order valence-corrected chi connectivity index (χ2v) is 4.90. The lowest BCUT2D eigenvalue weighted by atomic mass is 10.2. The zero-order chi connectivity index (χ0) is 16.6. The summed E-state index contributed by atoms with van der Waals surface area (Å²) >= 11 is 0. The molecule has 6 heteroatoms. The number of fused-ring (bicyclic) bond motifs is 1. The minimum atomic E-state index is 0.448. The van der Waals surface area contributed by atoms with Crippen LogP contribution in [0, 0.1) is 0 Å². The predicted octanol–water partition coefficient (Wildman–Crippen LogP) is 3.47. The lowest BCUT2D eigenvalue weighted by molar-refractivity contribution is 0.292. The highest BCUT2D eigenvalue weighted by Gasteiger charge is 1.96. The van der Waals surface area contributed by atoms with Gasteiger partial charge in [0.25, 0.3) is 0 Å². The van der Waals surface area contributed by atoms with Gasteiger partial charge in [-0.05, 0) is 29.8 Å². The van der Waals surface area contributed by atoms with Crippen LogP contribution in [-0.4, -0.2) is 15.0 Å². The SMILES string of the molecule is Nc1cccc(COc2cnccn2)c1.c1ccc2ocnc2c1. The van der Waals surface area contributed by atoms with E-state index in [1.807, 2.05) is 48.5 Å².